The SMILES string of the molecule is COCO[C@H]1[C@@H](C)[C@H](CC/C=C\[C@H](C)[C@H]2OC(c3ccc(OC)cc3)OC[C@@H]2C)O[C@@H](OC)[C@@H]1C. The van der Waals surface area contributed by atoms with Crippen LogP contribution in [0.5, 0.6) is 5.75 Å². The third-order valence-corrected chi connectivity index (χ3v) is 7.29. The molecule has 0 amide bonds. The number of methoxy groups -OCH3 is 3. The van der Waals surface area contributed by atoms with E-state index in [4.69, 9.17) is 33.2 Å². The van der Waals surface area contributed by atoms with Gasteiger partial charge in [-0.25, -0.2) is 0 Å². The summed E-state index contributed by atoms with van der Waals surface area (Å²) in [5.74, 6) is 1.80. The van der Waals surface area contributed by atoms with Crippen LogP contribution in [-0.2, 0) is 28.4 Å². The number of ether oxygens (including phenoxy) is 7. The monoisotopic (exact) mass is 492 g/mol. The average Bonchev–Trinajstić information content (AvgIpc) is 2.88. The molecule has 7 nitrogen and oxygen atoms in total. The van der Waals surface area contributed by atoms with Crippen molar-refractivity contribution in [1.82, 2.24) is 0 Å². The Morgan fingerprint density at radius 2 is 1.77 bits per heavy atom. The predicted molar refractivity (Wildman–Crippen MR) is 134 cm³/mol. The van der Waals surface area contributed by atoms with Gasteiger partial charge in [-0.1, -0.05) is 52.0 Å². The molecule has 35 heavy (non-hydrogen) atoms. The van der Waals surface area contributed by atoms with Crippen LogP contribution in [-0.4, -0.2) is 59.3 Å². The van der Waals surface area contributed by atoms with Gasteiger partial charge < -0.3 is 33.2 Å². The van der Waals surface area contributed by atoms with Crippen molar-refractivity contribution in [3.8, 4) is 5.75 Å². The third-order valence-electron chi connectivity index (χ3n) is 7.29. The van der Waals surface area contributed by atoms with E-state index >= 15 is 0 Å². The van der Waals surface area contributed by atoms with Gasteiger partial charge in [-0.2, -0.15) is 0 Å². The van der Waals surface area contributed by atoms with E-state index in [2.05, 4.69) is 39.8 Å². The highest BCUT2D eigenvalue weighted by Gasteiger charge is 2.42. The highest BCUT2D eigenvalue weighted by Crippen LogP contribution is 2.36. The molecule has 2 aliphatic rings. The summed E-state index contributed by atoms with van der Waals surface area (Å²) in [7, 11) is 5.00. The van der Waals surface area contributed by atoms with E-state index < -0.39 is 0 Å². The molecule has 0 radical (unpaired) electrons. The summed E-state index contributed by atoms with van der Waals surface area (Å²) in [4.78, 5) is 0. The van der Waals surface area contributed by atoms with Gasteiger partial charge >= 0.3 is 0 Å². The zero-order valence-electron chi connectivity index (χ0n) is 22.3. The van der Waals surface area contributed by atoms with E-state index in [1.807, 2.05) is 24.3 Å². The maximum Gasteiger partial charge on any atom is 0.184 e. The molecule has 9 atom stereocenters. The van der Waals surface area contributed by atoms with Gasteiger partial charge in [-0.15, -0.1) is 0 Å². The maximum atomic E-state index is 6.39. The average molecular weight is 493 g/mol. The molecular weight excluding hydrogens is 448 g/mol. The Hall–Kier alpha value is -1.48. The standard InChI is InChI=1S/C28H44O7/c1-18(25-19(2)16-32-28(35-25)22-12-14-23(30-6)15-13-22)10-8-9-11-24-20(3)26(33-17-29-5)21(4)27(31-7)34-24/h8,10,12-15,18-21,24-28H,9,11,16-17H2,1-7H3/b10-8-/t18-,19-,20-,21+,24-,25+,26-,27+,28?/m0/s1. The van der Waals surface area contributed by atoms with Gasteiger partial charge in [0.25, 0.3) is 0 Å². The third kappa shape index (κ3) is 7.28. The fraction of sp³-hybridized carbons (Fsp3) is 0.714. The molecule has 2 saturated heterocycles. The first-order valence-electron chi connectivity index (χ1n) is 12.8. The zero-order valence-corrected chi connectivity index (χ0v) is 22.3. The molecule has 0 spiro atoms. The topological polar surface area (TPSA) is 64.6 Å². The molecule has 0 aromatic heterocycles. The largest absolute Gasteiger partial charge is 0.497 e. The van der Waals surface area contributed by atoms with Crippen LogP contribution < -0.4 is 4.74 Å². The fourth-order valence-electron chi connectivity index (χ4n) is 5.23. The summed E-state index contributed by atoms with van der Waals surface area (Å²) in [6.07, 6.45) is 5.90. The molecule has 1 unspecified atom stereocenters. The lowest BCUT2D eigenvalue weighted by Crippen LogP contribution is -2.50. The Morgan fingerprint density at radius 1 is 1.03 bits per heavy atom. The van der Waals surface area contributed by atoms with Crippen LogP contribution >= 0.6 is 0 Å². The number of rotatable bonds is 11. The Balaban J connectivity index is 1.54. The maximum absolute atomic E-state index is 6.39. The van der Waals surface area contributed by atoms with Crippen molar-refractivity contribution in [1.29, 1.82) is 0 Å². The fourth-order valence-corrected chi connectivity index (χ4v) is 5.23. The van der Waals surface area contributed by atoms with Crippen LogP contribution in [0.3, 0.4) is 0 Å². The Morgan fingerprint density at radius 3 is 2.43 bits per heavy atom. The van der Waals surface area contributed by atoms with Gasteiger partial charge in [-0.05, 0) is 25.0 Å². The molecule has 2 fully saturated rings. The summed E-state index contributed by atoms with van der Waals surface area (Å²) in [6.45, 7) is 9.65. The van der Waals surface area contributed by atoms with Crippen LogP contribution in [0.2, 0.25) is 0 Å². The molecule has 3 rings (SSSR count). The van der Waals surface area contributed by atoms with Crippen molar-refractivity contribution in [2.75, 3.05) is 34.7 Å². The first-order chi connectivity index (χ1) is 16.9. The van der Waals surface area contributed by atoms with Crippen LogP contribution in [0.4, 0.5) is 0 Å². The van der Waals surface area contributed by atoms with Crippen LogP contribution in [0.15, 0.2) is 36.4 Å². The van der Waals surface area contributed by atoms with Crippen LogP contribution in [0.1, 0.15) is 52.4 Å². The summed E-state index contributed by atoms with van der Waals surface area (Å²) in [5, 5.41) is 0. The second-order valence-electron chi connectivity index (χ2n) is 9.92. The molecule has 198 valence electrons. The molecule has 7 heteroatoms. The second kappa shape index (κ2) is 13.7. The zero-order chi connectivity index (χ0) is 25.4. The molecule has 2 aliphatic heterocycles. The van der Waals surface area contributed by atoms with E-state index in [1.165, 1.54) is 0 Å². The minimum atomic E-state index is -0.355. The van der Waals surface area contributed by atoms with Gasteiger partial charge in [0.05, 0.1) is 32.0 Å². The number of benzene rings is 1. The Bertz CT molecular complexity index is 767. The molecule has 0 bridgehead atoms. The Kier molecular flexibility index (Phi) is 11.0. The second-order valence-corrected chi connectivity index (χ2v) is 9.92. The molecular formula is C28H44O7. The summed E-state index contributed by atoms with van der Waals surface area (Å²) in [5.41, 5.74) is 1.01. The van der Waals surface area contributed by atoms with E-state index in [1.54, 1.807) is 21.3 Å². The van der Waals surface area contributed by atoms with Gasteiger partial charge in [0.1, 0.15) is 12.5 Å². The molecule has 0 N–H and O–H groups in total. The first kappa shape index (κ1) is 28.1. The van der Waals surface area contributed by atoms with E-state index in [0.717, 1.165) is 24.2 Å². The molecule has 2 heterocycles. The number of allylic oxidation sites excluding steroid dienone is 1. The summed E-state index contributed by atoms with van der Waals surface area (Å²) in [6, 6.07) is 7.87. The number of hydrogen-bond acceptors (Lipinski definition) is 7. The van der Waals surface area contributed by atoms with Gasteiger partial charge in [0.2, 0.25) is 0 Å². The lowest BCUT2D eigenvalue weighted by molar-refractivity contribution is -0.271. The quantitative estimate of drug-likeness (QED) is 0.305. The van der Waals surface area contributed by atoms with E-state index in [-0.39, 0.29) is 55.4 Å². The lowest BCUT2D eigenvalue weighted by atomic mass is 9.84. The van der Waals surface area contributed by atoms with Crippen molar-refractivity contribution >= 4 is 0 Å². The van der Waals surface area contributed by atoms with Gasteiger partial charge in [0, 0.05) is 43.5 Å². The van der Waals surface area contributed by atoms with E-state index in [0.29, 0.717) is 12.5 Å². The molecule has 1 aromatic carbocycles. The molecule has 0 aliphatic carbocycles. The van der Waals surface area contributed by atoms with Crippen LogP contribution in [0, 0.1) is 23.7 Å². The van der Waals surface area contributed by atoms with Crippen LogP contribution in [0.25, 0.3) is 0 Å². The van der Waals surface area contributed by atoms with Crippen molar-refractivity contribution in [3.63, 3.8) is 0 Å². The minimum Gasteiger partial charge on any atom is -0.497 e. The Labute approximate surface area is 211 Å². The summed E-state index contributed by atoms with van der Waals surface area (Å²) >= 11 is 0. The van der Waals surface area contributed by atoms with Gasteiger partial charge in [0.15, 0.2) is 12.6 Å². The van der Waals surface area contributed by atoms with Crippen molar-refractivity contribution in [2.24, 2.45) is 23.7 Å². The molecule has 1 aromatic rings. The van der Waals surface area contributed by atoms with Gasteiger partial charge in [-0.3, -0.25) is 0 Å². The highest BCUT2D eigenvalue weighted by molar-refractivity contribution is 5.28. The van der Waals surface area contributed by atoms with Crippen molar-refractivity contribution < 1.29 is 33.2 Å². The van der Waals surface area contributed by atoms with Crippen molar-refractivity contribution in [2.45, 2.75) is 71.4 Å². The number of hydrogen-bond donors (Lipinski definition) is 0. The highest BCUT2D eigenvalue weighted by atomic mass is 16.7. The normalized spacial score (nSPS) is 34.7. The lowest BCUT2D eigenvalue weighted by Gasteiger charge is -2.43. The van der Waals surface area contributed by atoms with Crippen molar-refractivity contribution in [3.05, 3.63) is 42.0 Å². The minimum absolute atomic E-state index is 0.0351. The first-order valence-corrected chi connectivity index (χ1v) is 12.8. The van der Waals surface area contributed by atoms with E-state index in [9.17, 15) is 0 Å². The summed E-state index contributed by atoms with van der Waals surface area (Å²) < 4.78 is 40.6. The molecule has 0 saturated carbocycles. The smallest absolute Gasteiger partial charge is 0.184 e. The predicted octanol–water partition coefficient (Wildman–Crippen LogP) is 5.35.